The van der Waals surface area contributed by atoms with E-state index >= 15 is 0 Å². The predicted octanol–water partition coefficient (Wildman–Crippen LogP) is 3.19. The second-order valence-electron chi connectivity index (χ2n) is 5.20. The van der Waals surface area contributed by atoms with Gasteiger partial charge in [0.1, 0.15) is 5.82 Å². The zero-order valence-corrected chi connectivity index (χ0v) is 12.6. The van der Waals surface area contributed by atoms with E-state index in [0.29, 0.717) is 23.4 Å². The highest BCUT2D eigenvalue weighted by molar-refractivity contribution is 6.04. The molecule has 0 aliphatic heterocycles. The Morgan fingerprint density at radius 1 is 1.25 bits per heavy atom. The van der Waals surface area contributed by atoms with Gasteiger partial charge in [-0.15, -0.1) is 0 Å². The van der Waals surface area contributed by atoms with Crippen molar-refractivity contribution in [2.75, 3.05) is 5.32 Å². The highest BCUT2D eigenvalue weighted by atomic mass is 19.1. The number of nitriles is 1. The van der Waals surface area contributed by atoms with Crippen LogP contribution in [0.25, 0.3) is 0 Å². The predicted molar refractivity (Wildman–Crippen MR) is 86.8 cm³/mol. The molecule has 2 aromatic carbocycles. The minimum absolute atomic E-state index is 0.285. The third kappa shape index (κ3) is 3.65. The molecule has 1 heterocycles. The molecule has 0 radical (unpaired) electrons. The summed E-state index contributed by atoms with van der Waals surface area (Å²) in [7, 11) is 0. The van der Waals surface area contributed by atoms with E-state index in [9.17, 15) is 9.18 Å². The molecular weight excluding hydrogens is 307 g/mol. The van der Waals surface area contributed by atoms with Gasteiger partial charge in [-0.25, -0.2) is 4.39 Å². The Morgan fingerprint density at radius 3 is 2.79 bits per heavy atom. The molecule has 0 unspecified atom stereocenters. The van der Waals surface area contributed by atoms with Crippen LogP contribution in [0.2, 0.25) is 0 Å². The lowest BCUT2D eigenvalue weighted by Crippen LogP contribution is -2.11. The van der Waals surface area contributed by atoms with Crippen LogP contribution in [0, 0.1) is 17.1 Å². The van der Waals surface area contributed by atoms with Gasteiger partial charge in [0.25, 0.3) is 5.91 Å². The first kappa shape index (κ1) is 15.4. The third-order valence-electron chi connectivity index (χ3n) is 3.40. The van der Waals surface area contributed by atoms with Crippen LogP contribution < -0.4 is 5.32 Å². The molecule has 3 rings (SSSR count). The zero-order valence-electron chi connectivity index (χ0n) is 12.6. The summed E-state index contributed by atoms with van der Waals surface area (Å²) < 4.78 is 14.5. The van der Waals surface area contributed by atoms with Crippen LogP contribution in [-0.4, -0.2) is 15.7 Å². The van der Waals surface area contributed by atoms with Gasteiger partial charge in [0.2, 0.25) is 0 Å². The lowest BCUT2D eigenvalue weighted by Gasteiger charge is -2.03. The van der Waals surface area contributed by atoms with E-state index in [0.717, 1.165) is 5.56 Å². The summed E-state index contributed by atoms with van der Waals surface area (Å²) in [4.78, 5) is 12.2. The van der Waals surface area contributed by atoms with E-state index in [-0.39, 0.29) is 11.7 Å². The first-order valence-corrected chi connectivity index (χ1v) is 7.22. The average Bonchev–Trinajstić information content (AvgIpc) is 3.04. The quantitative estimate of drug-likeness (QED) is 0.802. The lowest BCUT2D eigenvalue weighted by atomic mass is 10.1. The minimum Gasteiger partial charge on any atom is -0.319 e. The molecule has 118 valence electrons. The summed E-state index contributed by atoms with van der Waals surface area (Å²) in [5.74, 6) is -0.597. The molecule has 0 aliphatic carbocycles. The maximum absolute atomic E-state index is 12.9. The molecule has 6 heteroatoms. The van der Waals surface area contributed by atoms with Gasteiger partial charge in [-0.2, -0.15) is 10.4 Å². The fourth-order valence-corrected chi connectivity index (χ4v) is 2.22. The Bertz CT molecular complexity index is 909. The normalized spacial score (nSPS) is 10.2. The average molecular weight is 320 g/mol. The van der Waals surface area contributed by atoms with E-state index in [4.69, 9.17) is 5.26 Å². The Hall–Kier alpha value is -3.46. The fraction of sp³-hybridized carbons (Fsp3) is 0.0556. The first-order valence-electron chi connectivity index (χ1n) is 7.22. The molecule has 1 aromatic heterocycles. The maximum Gasteiger partial charge on any atom is 0.255 e. The van der Waals surface area contributed by atoms with Gasteiger partial charge in [0.05, 0.1) is 30.1 Å². The van der Waals surface area contributed by atoms with Crippen LogP contribution in [0.15, 0.2) is 60.9 Å². The van der Waals surface area contributed by atoms with Crippen molar-refractivity contribution in [2.24, 2.45) is 0 Å². The van der Waals surface area contributed by atoms with Gasteiger partial charge >= 0.3 is 0 Å². The Morgan fingerprint density at radius 2 is 2.04 bits per heavy atom. The van der Waals surface area contributed by atoms with E-state index in [1.807, 2.05) is 6.07 Å². The summed E-state index contributed by atoms with van der Waals surface area (Å²) in [6.45, 7) is 0.472. The van der Waals surface area contributed by atoms with Crippen molar-refractivity contribution < 1.29 is 9.18 Å². The van der Waals surface area contributed by atoms with Gasteiger partial charge in [-0.05, 0) is 35.9 Å². The Balaban J connectivity index is 1.68. The summed E-state index contributed by atoms with van der Waals surface area (Å²) in [6, 6.07) is 14.6. The molecule has 3 aromatic rings. The molecular formula is C18H13FN4O. The fourth-order valence-electron chi connectivity index (χ4n) is 2.22. The molecule has 0 atom stereocenters. The Labute approximate surface area is 138 Å². The molecule has 0 aliphatic rings. The smallest absolute Gasteiger partial charge is 0.255 e. The first-order chi connectivity index (χ1) is 11.6. The number of hydrogen-bond donors (Lipinski definition) is 1. The van der Waals surface area contributed by atoms with E-state index in [1.165, 1.54) is 24.4 Å². The molecule has 1 N–H and O–H groups in total. The molecule has 5 nitrogen and oxygen atoms in total. The van der Waals surface area contributed by atoms with Crippen molar-refractivity contribution in [3.05, 3.63) is 83.4 Å². The molecule has 0 saturated heterocycles. The molecule has 0 saturated carbocycles. The van der Waals surface area contributed by atoms with Crippen LogP contribution in [0.4, 0.5) is 10.1 Å². The highest BCUT2D eigenvalue weighted by Crippen LogP contribution is 2.11. The van der Waals surface area contributed by atoms with Gasteiger partial charge in [-0.1, -0.05) is 18.2 Å². The van der Waals surface area contributed by atoms with Crippen molar-refractivity contribution in [3.63, 3.8) is 0 Å². The number of anilines is 1. The third-order valence-corrected chi connectivity index (χ3v) is 3.40. The highest BCUT2D eigenvalue weighted by Gasteiger charge is 2.08. The van der Waals surface area contributed by atoms with Gasteiger partial charge < -0.3 is 5.32 Å². The summed E-state index contributed by atoms with van der Waals surface area (Å²) in [6.07, 6.45) is 3.23. The SMILES string of the molecule is N#Cc1cccc(C(=O)Nc2cnn(Cc3ccc(F)cc3)c2)c1. The van der Waals surface area contributed by atoms with E-state index in [1.54, 1.807) is 41.2 Å². The molecule has 24 heavy (non-hydrogen) atoms. The lowest BCUT2D eigenvalue weighted by molar-refractivity contribution is 0.102. The van der Waals surface area contributed by atoms with Crippen molar-refractivity contribution in [1.29, 1.82) is 5.26 Å². The number of carbonyl (C=O) groups is 1. The summed E-state index contributed by atoms with van der Waals surface area (Å²) in [5.41, 5.74) is 2.28. The number of hydrogen-bond acceptors (Lipinski definition) is 3. The van der Waals surface area contributed by atoms with Crippen LogP contribution in [0.5, 0.6) is 0 Å². The molecule has 0 fully saturated rings. The van der Waals surface area contributed by atoms with Crippen molar-refractivity contribution in [3.8, 4) is 6.07 Å². The molecule has 0 spiro atoms. The number of amides is 1. The number of rotatable bonds is 4. The van der Waals surface area contributed by atoms with Crippen LogP contribution in [-0.2, 0) is 6.54 Å². The number of nitrogens with zero attached hydrogens (tertiary/aromatic N) is 3. The van der Waals surface area contributed by atoms with Crippen molar-refractivity contribution in [2.45, 2.75) is 6.54 Å². The van der Waals surface area contributed by atoms with Crippen molar-refractivity contribution in [1.82, 2.24) is 9.78 Å². The van der Waals surface area contributed by atoms with Gasteiger partial charge in [-0.3, -0.25) is 9.48 Å². The second-order valence-corrected chi connectivity index (χ2v) is 5.20. The largest absolute Gasteiger partial charge is 0.319 e. The zero-order chi connectivity index (χ0) is 16.9. The van der Waals surface area contributed by atoms with Crippen LogP contribution in [0.3, 0.4) is 0 Å². The summed E-state index contributed by atoms with van der Waals surface area (Å²) >= 11 is 0. The molecule has 1 amide bonds. The number of carbonyl (C=O) groups excluding carboxylic acids is 1. The van der Waals surface area contributed by atoms with Crippen LogP contribution >= 0.6 is 0 Å². The number of halogens is 1. The maximum atomic E-state index is 12.9. The topological polar surface area (TPSA) is 70.7 Å². The minimum atomic E-state index is -0.312. The standard InChI is InChI=1S/C18H13FN4O/c19-16-6-4-13(5-7-16)11-23-12-17(10-21-23)22-18(24)15-3-1-2-14(8-15)9-20/h1-8,10,12H,11H2,(H,22,24). The monoisotopic (exact) mass is 320 g/mol. The second kappa shape index (κ2) is 6.75. The van der Waals surface area contributed by atoms with E-state index < -0.39 is 0 Å². The van der Waals surface area contributed by atoms with Gasteiger partial charge in [0, 0.05) is 11.8 Å². The number of aromatic nitrogens is 2. The Kier molecular flexibility index (Phi) is 4.34. The van der Waals surface area contributed by atoms with Crippen molar-refractivity contribution >= 4 is 11.6 Å². The number of nitrogens with one attached hydrogen (secondary N) is 1. The number of benzene rings is 2. The van der Waals surface area contributed by atoms with Crippen LogP contribution in [0.1, 0.15) is 21.5 Å². The summed E-state index contributed by atoms with van der Waals surface area (Å²) in [5, 5.41) is 15.8. The van der Waals surface area contributed by atoms with E-state index in [2.05, 4.69) is 10.4 Å². The van der Waals surface area contributed by atoms with Gasteiger partial charge in [0.15, 0.2) is 0 Å². The molecule has 0 bridgehead atoms.